The molecule has 0 saturated heterocycles. The van der Waals surface area contributed by atoms with Crippen LogP contribution in [0.25, 0.3) is 6.08 Å². The highest BCUT2D eigenvalue weighted by Gasteiger charge is 2.04. The Morgan fingerprint density at radius 1 is 1.35 bits per heavy atom. The van der Waals surface area contributed by atoms with Crippen LogP contribution in [0.4, 0.5) is 10.2 Å². The molecule has 102 valence electrons. The van der Waals surface area contributed by atoms with Gasteiger partial charge in [-0.3, -0.25) is 4.79 Å². The lowest BCUT2D eigenvalue weighted by Crippen LogP contribution is -2.09. The second kappa shape index (κ2) is 6.30. The van der Waals surface area contributed by atoms with Crippen molar-refractivity contribution in [2.45, 2.75) is 6.92 Å². The fraction of sp³-hybridized carbons (Fsp3) is 0.0667. The zero-order valence-corrected chi connectivity index (χ0v) is 11.5. The van der Waals surface area contributed by atoms with Crippen molar-refractivity contribution in [3.05, 3.63) is 64.6 Å². The molecule has 1 aromatic heterocycles. The Morgan fingerprint density at radius 3 is 2.80 bits per heavy atom. The van der Waals surface area contributed by atoms with Crippen molar-refractivity contribution in [2.24, 2.45) is 0 Å². The van der Waals surface area contributed by atoms with Gasteiger partial charge in [-0.05, 0) is 36.8 Å². The average molecular weight is 291 g/mol. The minimum Gasteiger partial charge on any atom is -0.307 e. The lowest BCUT2D eigenvalue weighted by molar-refractivity contribution is -0.111. The second-order valence-corrected chi connectivity index (χ2v) is 4.59. The molecule has 3 nitrogen and oxygen atoms in total. The van der Waals surface area contributed by atoms with Crippen LogP contribution < -0.4 is 5.32 Å². The van der Waals surface area contributed by atoms with Gasteiger partial charge in [0.25, 0.3) is 0 Å². The molecule has 1 heterocycles. The second-order valence-electron chi connectivity index (χ2n) is 4.18. The van der Waals surface area contributed by atoms with Gasteiger partial charge in [-0.25, -0.2) is 9.37 Å². The summed E-state index contributed by atoms with van der Waals surface area (Å²) in [6, 6.07) is 7.87. The number of nitrogens with one attached hydrogen (secondary N) is 1. The van der Waals surface area contributed by atoms with Crippen LogP contribution in [0.1, 0.15) is 11.1 Å². The van der Waals surface area contributed by atoms with Gasteiger partial charge in [0, 0.05) is 17.8 Å². The third kappa shape index (κ3) is 3.65. The highest BCUT2D eigenvalue weighted by molar-refractivity contribution is 6.32. The average Bonchev–Trinajstić information content (AvgIpc) is 2.41. The lowest BCUT2D eigenvalue weighted by atomic mass is 10.2. The maximum Gasteiger partial charge on any atom is 0.249 e. The Balaban J connectivity index is 2.08. The van der Waals surface area contributed by atoms with Crippen LogP contribution in [0.15, 0.2) is 42.6 Å². The van der Waals surface area contributed by atoms with Gasteiger partial charge >= 0.3 is 0 Å². The van der Waals surface area contributed by atoms with Crippen LogP contribution in [0.3, 0.4) is 0 Å². The molecular formula is C15H12ClFN2O. The Kier molecular flexibility index (Phi) is 4.48. The van der Waals surface area contributed by atoms with Crippen LogP contribution in [0.5, 0.6) is 0 Å². The highest BCUT2D eigenvalue weighted by atomic mass is 35.5. The normalized spacial score (nSPS) is 10.8. The molecule has 1 amide bonds. The van der Waals surface area contributed by atoms with E-state index in [4.69, 9.17) is 11.6 Å². The zero-order valence-electron chi connectivity index (χ0n) is 10.7. The first kappa shape index (κ1) is 14.2. The topological polar surface area (TPSA) is 42.0 Å². The first-order valence-corrected chi connectivity index (χ1v) is 6.30. The van der Waals surface area contributed by atoms with Gasteiger partial charge in [0.15, 0.2) is 0 Å². The predicted molar refractivity (Wildman–Crippen MR) is 78.0 cm³/mol. The summed E-state index contributed by atoms with van der Waals surface area (Å²) in [6.45, 7) is 1.90. The van der Waals surface area contributed by atoms with E-state index in [0.29, 0.717) is 5.82 Å². The largest absolute Gasteiger partial charge is 0.307 e. The van der Waals surface area contributed by atoms with E-state index in [1.165, 1.54) is 24.3 Å². The van der Waals surface area contributed by atoms with E-state index in [9.17, 15) is 9.18 Å². The minimum atomic E-state index is -0.477. The van der Waals surface area contributed by atoms with Gasteiger partial charge < -0.3 is 5.32 Å². The summed E-state index contributed by atoms with van der Waals surface area (Å²) < 4.78 is 13.5. The fourth-order valence-corrected chi connectivity index (χ4v) is 1.76. The zero-order chi connectivity index (χ0) is 14.5. The van der Waals surface area contributed by atoms with Crippen LogP contribution in [-0.4, -0.2) is 10.9 Å². The van der Waals surface area contributed by atoms with Gasteiger partial charge in [-0.1, -0.05) is 23.7 Å². The fourth-order valence-electron chi connectivity index (χ4n) is 1.54. The van der Waals surface area contributed by atoms with Crippen molar-refractivity contribution in [2.75, 3.05) is 5.32 Å². The van der Waals surface area contributed by atoms with E-state index in [2.05, 4.69) is 10.3 Å². The number of hydrogen-bond donors (Lipinski definition) is 1. The number of benzene rings is 1. The van der Waals surface area contributed by atoms with E-state index in [1.807, 2.05) is 13.0 Å². The Labute approximate surface area is 121 Å². The van der Waals surface area contributed by atoms with Crippen LogP contribution >= 0.6 is 11.6 Å². The van der Waals surface area contributed by atoms with Crippen LogP contribution in [-0.2, 0) is 4.79 Å². The van der Waals surface area contributed by atoms with Crippen molar-refractivity contribution < 1.29 is 9.18 Å². The summed E-state index contributed by atoms with van der Waals surface area (Å²) in [7, 11) is 0. The molecule has 0 bridgehead atoms. The number of aryl methyl sites for hydroxylation is 1. The van der Waals surface area contributed by atoms with Crippen molar-refractivity contribution in [3.63, 3.8) is 0 Å². The van der Waals surface area contributed by atoms with Crippen LogP contribution in [0.2, 0.25) is 5.02 Å². The lowest BCUT2D eigenvalue weighted by Gasteiger charge is -2.02. The highest BCUT2D eigenvalue weighted by Crippen LogP contribution is 2.20. The summed E-state index contributed by atoms with van der Waals surface area (Å²) in [6.07, 6.45) is 4.19. The number of aromatic nitrogens is 1. The van der Waals surface area contributed by atoms with E-state index in [1.54, 1.807) is 18.3 Å². The number of hydrogen-bond acceptors (Lipinski definition) is 2. The van der Waals surface area contributed by atoms with E-state index < -0.39 is 11.7 Å². The summed E-state index contributed by atoms with van der Waals surface area (Å²) in [5.74, 6) is -0.444. The van der Waals surface area contributed by atoms with Gasteiger partial charge in [0.1, 0.15) is 11.6 Å². The third-order valence-corrected chi connectivity index (χ3v) is 2.89. The number of carbonyl (C=O) groups is 1. The molecule has 1 aromatic carbocycles. The number of anilines is 1. The molecule has 0 atom stereocenters. The van der Waals surface area contributed by atoms with Crippen molar-refractivity contribution >= 4 is 29.4 Å². The maximum atomic E-state index is 13.5. The van der Waals surface area contributed by atoms with E-state index >= 15 is 0 Å². The molecule has 1 N–H and O–H groups in total. The van der Waals surface area contributed by atoms with Crippen molar-refractivity contribution in [1.29, 1.82) is 0 Å². The first-order chi connectivity index (χ1) is 9.56. The molecule has 0 radical (unpaired) electrons. The smallest absolute Gasteiger partial charge is 0.249 e. The maximum absolute atomic E-state index is 13.5. The summed E-state index contributed by atoms with van der Waals surface area (Å²) in [5.41, 5.74) is 1.18. The SMILES string of the molecule is Cc1ccc(NC(=O)/C=C/c2c(F)cccc2Cl)nc1. The monoisotopic (exact) mass is 290 g/mol. The summed E-state index contributed by atoms with van der Waals surface area (Å²) in [4.78, 5) is 15.7. The molecule has 20 heavy (non-hydrogen) atoms. The molecule has 5 heteroatoms. The number of carbonyl (C=O) groups excluding carboxylic acids is 1. The van der Waals surface area contributed by atoms with Crippen LogP contribution in [0, 0.1) is 12.7 Å². The standard InChI is InChI=1S/C15H12ClFN2O/c1-10-5-7-14(18-9-10)19-15(20)8-6-11-12(16)3-2-4-13(11)17/h2-9H,1H3,(H,18,19,20)/b8-6+. The molecule has 0 aliphatic heterocycles. The number of pyridine rings is 1. The van der Waals surface area contributed by atoms with Gasteiger partial charge in [0.2, 0.25) is 5.91 Å². The van der Waals surface area contributed by atoms with Gasteiger partial charge in [-0.15, -0.1) is 0 Å². The Morgan fingerprint density at radius 2 is 2.15 bits per heavy atom. The van der Waals surface area contributed by atoms with Gasteiger partial charge in [-0.2, -0.15) is 0 Å². The third-order valence-electron chi connectivity index (χ3n) is 2.56. The number of rotatable bonds is 3. The number of amides is 1. The van der Waals surface area contributed by atoms with E-state index in [0.717, 1.165) is 5.56 Å². The molecule has 2 rings (SSSR count). The molecule has 2 aromatic rings. The Bertz CT molecular complexity index is 633. The molecule has 0 spiro atoms. The molecular weight excluding hydrogens is 279 g/mol. The summed E-state index contributed by atoms with van der Waals surface area (Å²) in [5, 5.41) is 2.83. The predicted octanol–water partition coefficient (Wildman–Crippen LogP) is 3.83. The van der Waals surface area contributed by atoms with Crippen molar-refractivity contribution in [1.82, 2.24) is 4.98 Å². The van der Waals surface area contributed by atoms with E-state index in [-0.39, 0.29) is 10.6 Å². The van der Waals surface area contributed by atoms with Crippen molar-refractivity contribution in [3.8, 4) is 0 Å². The number of nitrogens with zero attached hydrogens (tertiary/aromatic N) is 1. The Hall–Kier alpha value is -2.20. The first-order valence-electron chi connectivity index (χ1n) is 5.92. The molecule has 0 fully saturated rings. The quantitative estimate of drug-likeness (QED) is 0.873. The van der Waals surface area contributed by atoms with Gasteiger partial charge in [0.05, 0.1) is 5.02 Å². The molecule has 0 unspecified atom stereocenters. The molecule has 0 aliphatic rings. The number of halogens is 2. The molecule has 0 aliphatic carbocycles. The minimum absolute atomic E-state index is 0.182. The summed E-state index contributed by atoms with van der Waals surface area (Å²) >= 11 is 5.86. The molecule has 0 saturated carbocycles.